The Morgan fingerprint density at radius 1 is 1.75 bits per heavy atom. The van der Waals surface area contributed by atoms with Gasteiger partial charge in [0.15, 0.2) is 0 Å². The second kappa shape index (κ2) is 4.98. The van der Waals surface area contributed by atoms with E-state index in [1.807, 2.05) is 18.2 Å². The number of H-pyrrole nitrogens is 1. The van der Waals surface area contributed by atoms with Crippen molar-refractivity contribution in [2.24, 2.45) is 5.11 Å². The average Bonchev–Trinajstić information content (AvgIpc) is 2.57. The summed E-state index contributed by atoms with van der Waals surface area (Å²) >= 11 is 0. The fourth-order valence-electron chi connectivity index (χ4n) is 0.747. The van der Waals surface area contributed by atoms with Gasteiger partial charge in [-0.3, -0.25) is 5.10 Å². The zero-order chi connectivity index (χ0) is 8.65. The maximum Gasteiger partial charge on any atom is 0.0574 e. The fraction of sp³-hybridized carbons (Fsp3) is 0.286. The molecule has 1 aromatic rings. The van der Waals surface area contributed by atoms with E-state index in [2.05, 4.69) is 20.2 Å². The van der Waals surface area contributed by atoms with E-state index < -0.39 is 0 Å². The van der Waals surface area contributed by atoms with E-state index in [9.17, 15) is 0 Å². The van der Waals surface area contributed by atoms with Crippen LogP contribution in [0.3, 0.4) is 0 Å². The summed E-state index contributed by atoms with van der Waals surface area (Å²) in [6.45, 7) is 0.501. The number of hydrogen-bond acceptors (Lipinski definition) is 2. The molecule has 0 radical (unpaired) electrons. The van der Waals surface area contributed by atoms with Crippen LogP contribution in [0.15, 0.2) is 23.5 Å². The lowest BCUT2D eigenvalue weighted by Crippen LogP contribution is -1.74. The van der Waals surface area contributed by atoms with Gasteiger partial charge in [-0.05, 0) is 24.1 Å². The molecule has 12 heavy (non-hydrogen) atoms. The summed E-state index contributed by atoms with van der Waals surface area (Å²) in [4.78, 5) is 2.64. The Labute approximate surface area is 69.7 Å². The SMILES string of the molecule is [N-]=[N+]=NCCC=Cc1ccn[nH]1. The minimum absolute atomic E-state index is 0.501. The van der Waals surface area contributed by atoms with Crippen molar-refractivity contribution in [1.82, 2.24) is 10.2 Å². The van der Waals surface area contributed by atoms with Crippen molar-refractivity contribution in [3.05, 3.63) is 34.5 Å². The van der Waals surface area contributed by atoms with E-state index in [-0.39, 0.29) is 0 Å². The monoisotopic (exact) mass is 163 g/mol. The highest BCUT2D eigenvalue weighted by molar-refractivity contribution is 5.42. The van der Waals surface area contributed by atoms with Crippen LogP contribution in [0.5, 0.6) is 0 Å². The number of aromatic amines is 1. The Bertz CT molecular complexity index is 281. The van der Waals surface area contributed by atoms with Crippen molar-refractivity contribution in [3.8, 4) is 0 Å². The number of nitrogens with zero attached hydrogens (tertiary/aromatic N) is 4. The molecule has 1 heterocycles. The third-order valence-electron chi connectivity index (χ3n) is 1.28. The van der Waals surface area contributed by atoms with Crippen molar-refractivity contribution in [3.63, 3.8) is 0 Å². The van der Waals surface area contributed by atoms with Crippen LogP contribution in [0.4, 0.5) is 0 Å². The van der Waals surface area contributed by atoms with Gasteiger partial charge in [-0.15, -0.1) is 0 Å². The van der Waals surface area contributed by atoms with Gasteiger partial charge in [0.1, 0.15) is 0 Å². The predicted molar refractivity (Wildman–Crippen MR) is 46.3 cm³/mol. The van der Waals surface area contributed by atoms with Crippen LogP contribution in [-0.2, 0) is 0 Å². The van der Waals surface area contributed by atoms with Crippen LogP contribution in [0, 0.1) is 0 Å². The summed E-state index contributed by atoms with van der Waals surface area (Å²) < 4.78 is 0. The molecule has 0 saturated heterocycles. The third-order valence-corrected chi connectivity index (χ3v) is 1.28. The number of aromatic nitrogens is 2. The molecule has 0 spiro atoms. The molecule has 0 aliphatic heterocycles. The van der Waals surface area contributed by atoms with E-state index in [4.69, 9.17) is 5.53 Å². The summed E-state index contributed by atoms with van der Waals surface area (Å²) in [6.07, 6.45) is 6.28. The molecular formula is C7H9N5. The largest absolute Gasteiger partial charge is 0.278 e. The lowest BCUT2D eigenvalue weighted by molar-refractivity contribution is 0.994. The highest BCUT2D eigenvalue weighted by Gasteiger charge is 1.83. The normalized spacial score (nSPS) is 10.0. The first-order chi connectivity index (χ1) is 5.93. The van der Waals surface area contributed by atoms with Crippen molar-refractivity contribution in [1.29, 1.82) is 0 Å². The minimum atomic E-state index is 0.501. The molecule has 0 aliphatic carbocycles. The van der Waals surface area contributed by atoms with Gasteiger partial charge >= 0.3 is 0 Å². The van der Waals surface area contributed by atoms with Gasteiger partial charge in [-0.2, -0.15) is 5.10 Å². The lowest BCUT2D eigenvalue weighted by Gasteiger charge is -1.83. The number of rotatable bonds is 4. The first-order valence-corrected chi connectivity index (χ1v) is 3.60. The summed E-state index contributed by atoms with van der Waals surface area (Å²) in [5.74, 6) is 0. The molecule has 0 saturated carbocycles. The van der Waals surface area contributed by atoms with Gasteiger partial charge in [0.2, 0.25) is 0 Å². The van der Waals surface area contributed by atoms with Crippen molar-refractivity contribution < 1.29 is 0 Å². The molecule has 0 amide bonds. The molecule has 0 aliphatic rings. The first kappa shape index (κ1) is 8.36. The number of azide groups is 1. The van der Waals surface area contributed by atoms with Gasteiger partial charge in [0, 0.05) is 17.7 Å². The summed E-state index contributed by atoms with van der Waals surface area (Å²) in [6, 6.07) is 1.87. The second-order valence-electron chi connectivity index (χ2n) is 2.16. The zero-order valence-electron chi connectivity index (χ0n) is 6.51. The van der Waals surface area contributed by atoms with E-state index in [1.54, 1.807) is 6.20 Å². The Morgan fingerprint density at radius 2 is 2.67 bits per heavy atom. The van der Waals surface area contributed by atoms with Crippen molar-refractivity contribution in [2.45, 2.75) is 6.42 Å². The molecule has 0 bridgehead atoms. The van der Waals surface area contributed by atoms with Crippen LogP contribution in [0.2, 0.25) is 0 Å². The molecule has 5 heteroatoms. The standard InChI is InChI=1S/C7H9N5/c8-12-10-5-2-1-3-7-4-6-9-11-7/h1,3-4,6H,2,5H2,(H,9,11). The lowest BCUT2D eigenvalue weighted by atomic mass is 10.3. The molecule has 0 fully saturated rings. The minimum Gasteiger partial charge on any atom is -0.278 e. The molecule has 5 nitrogen and oxygen atoms in total. The van der Waals surface area contributed by atoms with Crippen LogP contribution in [0.1, 0.15) is 12.1 Å². The summed E-state index contributed by atoms with van der Waals surface area (Å²) in [5.41, 5.74) is 8.92. The first-order valence-electron chi connectivity index (χ1n) is 3.60. The average molecular weight is 163 g/mol. The topological polar surface area (TPSA) is 77.4 Å². The summed E-state index contributed by atoms with van der Waals surface area (Å²) in [7, 11) is 0. The Morgan fingerprint density at radius 3 is 3.33 bits per heavy atom. The fourth-order valence-corrected chi connectivity index (χ4v) is 0.747. The van der Waals surface area contributed by atoms with E-state index in [0.717, 1.165) is 12.1 Å². The van der Waals surface area contributed by atoms with Gasteiger partial charge in [-0.25, -0.2) is 0 Å². The van der Waals surface area contributed by atoms with Crippen LogP contribution < -0.4 is 0 Å². The molecule has 0 aromatic carbocycles. The van der Waals surface area contributed by atoms with Crippen molar-refractivity contribution in [2.75, 3.05) is 6.54 Å². The maximum absolute atomic E-state index is 7.97. The molecule has 0 atom stereocenters. The predicted octanol–water partition coefficient (Wildman–Crippen LogP) is 2.12. The van der Waals surface area contributed by atoms with E-state index in [0.29, 0.717) is 6.54 Å². The number of hydrogen-bond donors (Lipinski definition) is 1. The smallest absolute Gasteiger partial charge is 0.0574 e. The van der Waals surface area contributed by atoms with Gasteiger partial charge in [0.25, 0.3) is 0 Å². The van der Waals surface area contributed by atoms with Gasteiger partial charge in [-0.1, -0.05) is 11.2 Å². The zero-order valence-corrected chi connectivity index (χ0v) is 6.51. The van der Waals surface area contributed by atoms with E-state index in [1.165, 1.54) is 0 Å². The van der Waals surface area contributed by atoms with Crippen LogP contribution >= 0.6 is 0 Å². The van der Waals surface area contributed by atoms with Crippen molar-refractivity contribution >= 4 is 6.08 Å². The molecular weight excluding hydrogens is 154 g/mol. The molecule has 1 aromatic heterocycles. The Kier molecular flexibility index (Phi) is 3.47. The number of nitrogens with one attached hydrogen (secondary N) is 1. The molecule has 62 valence electrons. The Balaban J connectivity index is 2.27. The Hall–Kier alpha value is -1.74. The van der Waals surface area contributed by atoms with Crippen LogP contribution in [-0.4, -0.2) is 16.7 Å². The molecule has 0 unspecified atom stereocenters. The maximum atomic E-state index is 7.97. The van der Waals surface area contributed by atoms with Crippen LogP contribution in [0.25, 0.3) is 16.5 Å². The second-order valence-corrected chi connectivity index (χ2v) is 2.16. The quantitative estimate of drug-likeness (QED) is 0.314. The third kappa shape index (κ3) is 2.90. The van der Waals surface area contributed by atoms with Gasteiger partial charge in [0.05, 0.1) is 5.69 Å². The summed E-state index contributed by atoms with van der Waals surface area (Å²) in [5, 5.41) is 9.96. The van der Waals surface area contributed by atoms with Gasteiger partial charge < -0.3 is 0 Å². The highest BCUT2D eigenvalue weighted by atomic mass is 15.1. The molecule has 1 N–H and O–H groups in total. The van der Waals surface area contributed by atoms with E-state index >= 15 is 0 Å². The highest BCUT2D eigenvalue weighted by Crippen LogP contribution is 1.96. The molecule has 1 rings (SSSR count).